The smallest absolute Gasteiger partial charge is 0.149 e. The summed E-state index contributed by atoms with van der Waals surface area (Å²) < 4.78 is 4.56. The highest BCUT2D eigenvalue weighted by atomic mass is 16.3. The molecule has 0 saturated carbocycles. The van der Waals surface area contributed by atoms with E-state index < -0.39 is 0 Å². The number of fused-ring (bicyclic) bond motifs is 2. The van der Waals surface area contributed by atoms with Crippen molar-refractivity contribution in [2.24, 2.45) is 0 Å². The fraction of sp³-hybridized carbons (Fsp3) is 0.283. The quantitative estimate of drug-likeness (QED) is 0.141. The Kier molecular flexibility index (Phi) is 17.0. The summed E-state index contributed by atoms with van der Waals surface area (Å²) in [5.41, 5.74) is 25.6. The van der Waals surface area contributed by atoms with Gasteiger partial charge < -0.3 is 10.2 Å². The molecule has 0 aliphatic carbocycles. The summed E-state index contributed by atoms with van der Waals surface area (Å²) in [7, 11) is 0. The topological polar surface area (TPSA) is 102 Å². The number of phenolic OH excluding ortho intramolecular Hbond substituents is 2. The van der Waals surface area contributed by atoms with Gasteiger partial charge in [0, 0.05) is 44.5 Å². The average Bonchev–Trinajstić information content (AvgIpc) is 1.57. The van der Waals surface area contributed by atoms with Crippen LogP contribution in [0.3, 0.4) is 0 Å². The lowest BCUT2D eigenvalue weighted by molar-refractivity contribution is 0.445. The summed E-state index contributed by atoms with van der Waals surface area (Å²) in [5, 5.41) is 25.5. The second kappa shape index (κ2) is 24.9. The van der Waals surface area contributed by atoms with Gasteiger partial charge in [0.2, 0.25) is 0 Å². The number of para-hydroxylation sites is 2. The van der Waals surface area contributed by atoms with Crippen LogP contribution in [0.1, 0.15) is 169 Å². The van der Waals surface area contributed by atoms with Gasteiger partial charge in [-0.15, -0.1) is 0 Å². The van der Waals surface area contributed by atoms with E-state index in [9.17, 15) is 10.2 Å². The van der Waals surface area contributed by atoms with E-state index in [0.717, 1.165) is 134 Å². The van der Waals surface area contributed by atoms with Crippen LogP contribution >= 0.6 is 0 Å². The van der Waals surface area contributed by atoms with Crippen molar-refractivity contribution in [1.82, 2.24) is 29.1 Å². The second-order valence-electron chi connectivity index (χ2n) is 33.9. The van der Waals surface area contributed by atoms with Gasteiger partial charge in [-0.1, -0.05) is 246 Å². The van der Waals surface area contributed by atoms with E-state index in [4.69, 9.17) is 19.9 Å². The first kappa shape index (κ1) is 68.3. The zero-order valence-electron chi connectivity index (χ0n) is 62.2. The van der Waals surface area contributed by atoms with Crippen LogP contribution < -0.4 is 0 Å². The first-order chi connectivity index (χ1) is 47.0. The van der Waals surface area contributed by atoms with Crippen LogP contribution in [0.5, 0.6) is 11.5 Å². The Morgan fingerprint density at radius 1 is 0.290 bits per heavy atom. The maximum Gasteiger partial charge on any atom is 0.149 e. The number of phenols is 2. The van der Waals surface area contributed by atoms with E-state index >= 15 is 0 Å². The molecule has 3 aromatic heterocycles. The Labute approximate surface area is 592 Å². The van der Waals surface area contributed by atoms with Crippen molar-refractivity contribution in [3.63, 3.8) is 0 Å². The second-order valence-corrected chi connectivity index (χ2v) is 33.9. The predicted molar refractivity (Wildman–Crippen MR) is 420 cm³/mol. The van der Waals surface area contributed by atoms with Crippen LogP contribution in [0.25, 0.3) is 123 Å². The SMILES string of the molecule is Cc1cc(-c2cc(-c3cc(C)cc(-c4cccc5c4nc(-c4cc(C(C)(C)C)cc(C(C)(C)C)c4O)n5-c4ccc(C(C)(C)C)cc4-c4ccccc4)c3)ncn2)cc(-c2cccc3c2nc(-c2cc(C(C)(C)C)cc(C(C)(C)C)c2O)n3-c2ccc(C(C)(C)C)cc2-c2ccccc2)c1. The Hall–Kier alpha value is -10.2. The maximum atomic E-state index is 12.8. The average molecular weight is 1320 g/mol. The highest BCUT2D eigenvalue weighted by Gasteiger charge is 2.33. The van der Waals surface area contributed by atoms with E-state index in [2.05, 4.69) is 348 Å². The molecule has 0 unspecified atom stereocenters. The molecule has 506 valence electrons. The van der Waals surface area contributed by atoms with Crippen LogP contribution in [-0.4, -0.2) is 39.3 Å². The molecule has 0 fully saturated rings. The zero-order chi connectivity index (χ0) is 71.5. The van der Waals surface area contributed by atoms with Crippen LogP contribution in [0.15, 0.2) is 207 Å². The molecular weight excluding hydrogens is 1220 g/mol. The fourth-order valence-corrected chi connectivity index (χ4v) is 14.1. The van der Waals surface area contributed by atoms with Crippen molar-refractivity contribution in [3.05, 3.63) is 251 Å². The molecule has 0 bridgehead atoms. The monoisotopic (exact) mass is 1320 g/mol. The van der Waals surface area contributed by atoms with Crippen molar-refractivity contribution in [3.8, 4) is 113 Å². The standard InChI is InChI=1S/C92H96N6O2/c1-55-41-59(67-33-27-35-79-81(67)95-85(71-49-65(89(9,10)11)51-73(83(71)99)91(15,16)17)97(79)77-39-37-63(87(3,4)5)47-69(77)57-29-23-21-24-30-57)45-61(43-55)75-53-76(94-54-93-75)62-44-56(2)42-60(46-62)68-34-28-36-80-82(68)96-86(72-50-66(90(12,13)14)52-74(84(72)100)92(18,19)20)98(80)78-40-38-64(88(6,7)8)48-70(78)58-31-25-22-26-32-58/h21-54,99-100H,1-20H3. The Balaban J connectivity index is 0.972. The molecule has 0 amide bonds. The first-order valence-electron chi connectivity index (χ1n) is 35.3. The molecule has 0 atom stereocenters. The molecule has 13 rings (SSSR count). The summed E-state index contributed by atoms with van der Waals surface area (Å²) in [5.74, 6) is 1.79. The van der Waals surface area contributed by atoms with E-state index in [0.29, 0.717) is 22.8 Å². The van der Waals surface area contributed by atoms with Gasteiger partial charge in [0.05, 0.1) is 56.0 Å². The minimum absolute atomic E-state index is 0.113. The lowest BCUT2D eigenvalue weighted by atomic mass is 9.78. The Bertz CT molecular complexity index is 5000. The predicted octanol–water partition coefficient (Wildman–Crippen LogP) is 24.3. The Morgan fingerprint density at radius 2 is 0.640 bits per heavy atom. The molecule has 13 aromatic rings. The van der Waals surface area contributed by atoms with E-state index in [1.165, 1.54) is 11.1 Å². The molecule has 0 saturated heterocycles. The van der Waals surface area contributed by atoms with Gasteiger partial charge in [-0.25, -0.2) is 19.9 Å². The fourth-order valence-electron chi connectivity index (χ4n) is 14.1. The summed E-state index contributed by atoms with van der Waals surface area (Å²) >= 11 is 0. The molecule has 0 spiro atoms. The molecule has 0 aliphatic rings. The van der Waals surface area contributed by atoms with Crippen LogP contribution in [0.2, 0.25) is 0 Å². The zero-order valence-corrected chi connectivity index (χ0v) is 62.2. The largest absolute Gasteiger partial charge is 0.507 e. The number of aryl methyl sites for hydroxylation is 2. The number of rotatable bonds is 10. The number of hydrogen-bond acceptors (Lipinski definition) is 6. The minimum Gasteiger partial charge on any atom is -0.507 e. The molecule has 3 heterocycles. The third-order valence-corrected chi connectivity index (χ3v) is 19.8. The number of nitrogens with zero attached hydrogens (tertiary/aromatic N) is 6. The number of aromatic nitrogens is 6. The van der Waals surface area contributed by atoms with E-state index in [-0.39, 0.29) is 44.0 Å². The number of imidazole rings is 2. The minimum atomic E-state index is -0.367. The van der Waals surface area contributed by atoms with Gasteiger partial charge in [0.1, 0.15) is 29.5 Å². The lowest BCUT2D eigenvalue weighted by Gasteiger charge is -2.28. The molecule has 8 heteroatoms. The van der Waals surface area contributed by atoms with Gasteiger partial charge in [0.25, 0.3) is 0 Å². The molecule has 2 N–H and O–H groups in total. The summed E-state index contributed by atoms with van der Waals surface area (Å²) in [6, 6.07) is 71.9. The summed E-state index contributed by atoms with van der Waals surface area (Å²) in [6.45, 7) is 44.2. The third kappa shape index (κ3) is 13.0. The van der Waals surface area contributed by atoms with Gasteiger partial charge in [-0.3, -0.25) is 9.13 Å². The van der Waals surface area contributed by atoms with Crippen LogP contribution in [-0.2, 0) is 32.5 Å². The Morgan fingerprint density at radius 3 is 0.990 bits per heavy atom. The summed E-state index contributed by atoms with van der Waals surface area (Å²) in [6.07, 6.45) is 1.68. The highest BCUT2D eigenvalue weighted by Crippen LogP contribution is 2.49. The van der Waals surface area contributed by atoms with Crippen molar-refractivity contribution in [1.29, 1.82) is 0 Å². The van der Waals surface area contributed by atoms with Crippen LogP contribution in [0, 0.1) is 13.8 Å². The van der Waals surface area contributed by atoms with Crippen molar-refractivity contribution < 1.29 is 10.2 Å². The van der Waals surface area contributed by atoms with Gasteiger partial charge in [-0.2, -0.15) is 0 Å². The molecule has 0 radical (unpaired) electrons. The maximum absolute atomic E-state index is 12.8. The van der Waals surface area contributed by atoms with E-state index in [1.807, 2.05) is 0 Å². The van der Waals surface area contributed by atoms with E-state index in [1.54, 1.807) is 6.33 Å². The van der Waals surface area contributed by atoms with Crippen molar-refractivity contribution in [2.75, 3.05) is 0 Å². The summed E-state index contributed by atoms with van der Waals surface area (Å²) in [4.78, 5) is 21.5. The molecule has 8 nitrogen and oxygen atoms in total. The number of hydrogen-bond donors (Lipinski definition) is 2. The lowest BCUT2D eigenvalue weighted by Crippen LogP contribution is -2.17. The molecular formula is C92H96N6O2. The van der Waals surface area contributed by atoms with Gasteiger partial charge >= 0.3 is 0 Å². The molecule has 100 heavy (non-hydrogen) atoms. The van der Waals surface area contributed by atoms with Gasteiger partial charge in [0.15, 0.2) is 0 Å². The normalized spacial score (nSPS) is 12.7. The van der Waals surface area contributed by atoms with Crippen LogP contribution in [0.4, 0.5) is 0 Å². The van der Waals surface area contributed by atoms with Crippen molar-refractivity contribution >= 4 is 22.1 Å². The third-order valence-electron chi connectivity index (χ3n) is 19.8. The molecule has 10 aromatic carbocycles. The highest BCUT2D eigenvalue weighted by molar-refractivity contribution is 6.00. The first-order valence-corrected chi connectivity index (χ1v) is 35.3. The van der Waals surface area contributed by atoms with Gasteiger partial charge in [-0.05, 0) is 181 Å². The van der Waals surface area contributed by atoms with Crippen molar-refractivity contribution in [2.45, 2.75) is 171 Å². The number of aromatic hydroxyl groups is 2. The molecule has 0 aliphatic heterocycles. The number of benzene rings is 10.